The average Bonchev–Trinajstić information content (AvgIpc) is 2.89. The van der Waals surface area contributed by atoms with E-state index in [0.717, 1.165) is 36.4 Å². The summed E-state index contributed by atoms with van der Waals surface area (Å²) in [4.78, 5) is 38.6. The highest BCUT2D eigenvalue weighted by molar-refractivity contribution is 5.73. The van der Waals surface area contributed by atoms with Crippen molar-refractivity contribution in [1.29, 1.82) is 0 Å². The van der Waals surface area contributed by atoms with Crippen LogP contribution in [0.5, 0.6) is 0 Å². The maximum Gasteiger partial charge on any atom is 0.408 e. The molecular formula is C33H39F4N3O6. The fourth-order valence-electron chi connectivity index (χ4n) is 4.02. The second-order valence-corrected chi connectivity index (χ2v) is 12.3. The predicted octanol–water partition coefficient (Wildman–Crippen LogP) is 6.13. The predicted molar refractivity (Wildman–Crippen MR) is 162 cm³/mol. The molecule has 0 fully saturated rings. The second kappa shape index (κ2) is 16.7. The van der Waals surface area contributed by atoms with E-state index in [-0.39, 0.29) is 18.4 Å². The number of benzene rings is 2. The molecule has 2 aromatic carbocycles. The van der Waals surface area contributed by atoms with Gasteiger partial charge in [-0.3, -0.25) is 4.98 Å². The molecule has 0 spiro atoms. The molecule has 0 aliphatic carbocycles. The number of hydrogen-bond donors (Lipinski definition) is 3. The van der Waals surface area contributed by atoms with Crippen LogP contribution in [0.3, 0.4) is 0 Å². The molecule has 1 heterocycles. The zero-order valence-electron chi connectivity index (χ0n) is 26.4. The highest BCUT2D eigenvalue weighted by Crippen LogP contribution is 2.20. The monoisotopic (exact) mass is 649 g/mol. The Morgan fingerprint density at radius 3 is 1.65 bits per heavy atom. The molecular weight excluding hydrogens is 610 g/mol. The number of aldehydes is 1. The molecule has 46 heavy (non-hydrogen) atoms. The van der Waals surface area contributed by atoms with Gasteiger partial charge in [-0.1, -0.05) is 6.07 Å². The van der Waals surface area contributed by atoms with Gasteiger partial charge in [-0.15, -0.1) is 0 Å². The molecule has 9 nitrogen and oxygen atoms in total. The smallest absolute Gasteiger partial charge is 0.408 e. The Labute approximate surface area is 265 Å². The van der Waals surface area contributed by atoms with Crippen LogP contribution in [0.1, 0.15) is 64.5 Å². The highest BCUT2D eigenvalue weighted by Gasteiger charge is 2.27. The number of aliphatic hydroxyl groups is 1. The van der Waals surface area contributed by atoms with Crippen molar-refractivity contribution in [3.8, 4) is 0 Å². The van der Waals surface area contributed by atoms with Crippen molar-refractivity contribution in [1.82, 2.24) is 15.6 Å². The molecule has 0 saturated carbocycles. The van der Waals surface area contributed by atoms with Gasteiger partial charge in [0.2, 0.25) is 0 Å². The van der Waals surface area contributed by atoms with E-state index in [1.54, 1.807) is 59.7 Å². The van der Waals surface area contributed by atoms with Gasteiger partial charge in [0.25, 0.3) is 0 Å². The van der Waals surface area contributed by atoms with Gasteiger partial charge in [-0.25, -0.2) is 27.2 Å². The van der Waals surface area contributed by atoms with Crippen molar-refractivity contribution in [2.24, 2.45) is 0 Å². The number of alkyl carbamates (subject to hydrolysis) is 2. The molecule has 0 saturated heterocycles. The zero-order valence-corrected chi connectivity index (χ0v) is 26.4. The number of ether oxygens (including phenoxy) is 2. The minimum atomic E-state index is -1.19. The molecule has 0 aliphatic heterocycles. The second-order valence-electron chi connectivity index (χ2n) is 12.3. The standard InChI is InChI=1S/C19H22F2N2O3.C14H17F2NO3/c1-19(2,3)26-18(25)23-16(17(24)15-6-4-5-7-22-15)10-12-8-13(20)11-14(21)9-12;1-14(2,3)20-13(19)17-12(8-18)6-9-4-10(15)7-11(16)5-9/h4-9,11,16-17,24H,10H2,1-3H3,(H,23,25);4-5,7-8,12H,6H2,1-3H3,(H,17,19)/t16-,17?;12-/m00/s1. The number of nitrogens with zero attached hydrogens (tertiary/aromatic N) is 1. The first-order valence-corrected chi connectivity index (χ1v) is 14.3. The minimum absolute atomic E-state index is 0.00827. The topological polar surface area (TPSA) is 127 Å². The van der Waals surface area contributed by atoms with Crippen LogP contribution in [0.2, 0.25) is 0 Å². The third-order valence-corrected chi connectivity index (χ3v) is 5.70. The van der Waals surface area contributed by atoms with Gasteiger partial charge in [0.1, 0.15) is 46.9 Å². The van der Waals surface area contributed by atoms with E-state index >= 15 is 0 Å². The lowest BCUT2D eigenvalue weighted by atomic mass is 9.98. The van der Waals surface area contributed by atoms with E-state index in [9.17, 15) is 37.1 Å². The van der Waals surface area contributed by atoms with Crippen molar-refractivity contribution in [2.45, 2.75) is 83.8 Å². The number of rotatable bonds is 9. The molecule has 3 N–H and O–H groups in total. The molecule has 13 heteroatoms. The first-order valence-electron chi connectivity index (χ1n) is 14.3. The normalized spacial score (nSPS) is 13.3. The summed E-state index contributed by atoms with van der Waals surface area (Å²) in [6.45, 7) is 10.2. The summed E-state index contributed by atoms with van der Waals surface area (Å²) in [5.41, 5.74) is -0.530. The van der Waals surface area contributed by atoms with Gasteiger partial charge in [-0.05, 0) is 102 Å². The molecule has 3 rings (SSSR count). The number of amides is 2. The number of nitrogens with one attached hydrogen (secondary N) is 2. The molecule has 0 aliphatic rings. The number of carbonyl (C=O) groups is 3. The van der Waals surface area contributed by atoms with E-state index in [1.807, 2.05) is 0 Å². The van der Waals surface area contributed by atoms with E-state index in [4.69, 9.17) is 9.47 Å². The largest absolute Gasteiger partial charge is 0.444 e. The molecule has 3 atom stereocenters. The summed E-state index contributed by atoms with van der Waals surface area (Å²) < 4.78 is 63.2. The van der Waals surface area contributed by atoms with E-state index < -0.39 is 64.8 Å². The SMILES string of the molecule is CC(C)(C)OC(=O)N[C@@H](Cc1cc(F)cc(F)c1)C(O)c1ccccn1.CC(C)(C)OC(=O)N[C@H](C=O)Cc1cc(F)cc(F)c1. The number of pyridine rings is 1. The Kier molecular flexibility index (Phi) is 13.7. The molecule has 1 unspecified atom stereocenters. The Hall–Kier alpha value is -4.52. The lowest BCUT2D eigenvalue weighted by Crippen LogP contribution is -2.43. The van der Waals surface area contributed by atoms with Crippen LogP contribution in [0.25, 0.3) is 0 Å². The molecule has 0 bridgehead atoms. The van der Waals surface area contributed by atoms with Crippen molar-refractivity contribution < 1.29 is 46.5 Å². The van der Waals surface area contributed by atoms with Gasteiger partial charge in [0.15, 0.2) is 0 Å². The Morgan fingerprint density at radius 1 is 0.783 bits per heavy atom. The lowest BCUT2D eigenvalue weighted by molar-refractivity contribution is -0.109. The maximum atomic E-state index is 13.5. The zero-order chi connectivity index (χ0) is 34.7. The summed E-state index contributed by atoms with van der Waals surface area (Å²) in [5, 5.41) is 15.5. The van der Waals surface area contributed by atoms with E-state index in [2.05, 4.69) is 15.6 Å². The summed E-state index contributed by atoms with van der Waals surface area (Å²) in [7, 11) is 0. The summed E-state index contributed by atoms with van der Waals surface area (Å²) >= 11 is 0. The van der Waals surface area contributed by atoms with Crippen molar-refractivity contribution in [3.63, 3.8) is 0 Å². The van der Waals surface area contributed by atoms with Crippen molar-refractivity contribution in [3.05, 3.63) is 101 Å². The molecule has 0 radical (unpaired) electrons. The molecule has 2 amide bonds. The lowest BCUT2D eigenvalue weighted by Gasteiger charge is -2.26. The van der Waals surface area contributed by atoms with Gasteiger partial charge in [-0.2, -0.15) is 0 Å². The Balaban J connectivity index is 0.000000332. The minimum Gasteiger partial charge on any atom is -0.444 e. The van der Waals surface area contributed by atoms with Crippen LogP contribution in [-0.2, 0) is 27.1 Å². The summed E-state index contributed by atoms with van der Waals surface area (Å²) in [6.07, 6.45) is -0.711. The Morgan fingerprint density at radius 2 is 1.24 bits per heavy atom. The third-order valence-electron chi connectivity index (χ3n) is 5.70. The summed E-state index contributed by atoms with van der Waals surface area (Å²) in [6, 6.07) is 9.19. The summed E-state index contributed by atoms with van der Waals surface area (Å²) in [5.74, 6) is -2.93. The Bertz CT molecular complexity index is 1420. The van der Waals surface area contributed by atoms with Crippen LogP contribution in [-0.4, -0.2) is 51.8 Å². The van der Waals surface area contributed by atoms with Crippen molar-refractivity contribution in [2.75, 3.05) is 0 Å². The number of halogens is 4. The average molecular weight is 650 g/mol. The third kappa shape index (κ3) is 14.5. The van der Waals surface area contributed by atoms with Gasteiger partial charge in [0, 0.05) is 18.3 Å². The number of aromatic nitrogens is 1. The van der Waals surface area contributed by atoms with E-state index in [1.165, 1.54) is 6.20 Å². The van der Waals surface area contributed by atoms with Gasteiger partial charge in [0.05, 0.1) is 17.8 Å². The molecule has 1 aromatic heterocycles. The van der Waals surface area contributed by atoms with Crippen LogP contribution >= 0.6 is 0 Å². The van der Waals surface area contributed by atoms with Crippen LogP contribution in [0.15, 0.2) is 60.8 Å². The fraction of sp³-hybridized carbons (Fsp3) is 0.394. The van der Waals surface area contributed by atoms with Gasteiger partial charge < -0.3 is 30.0 Å². The number of aliphatic hydroxyl groups excluding tert-OH is 1. The number of hydrogen-bond acceptors (Lipinski definition) is 7. The van der Waals surface area contributed by atoms with E-state index in [0.29, 0.717) is 17.5 Å². The molecule has 3 aromatic rings. The first-order chi connectivity index (χ1) is 21.3. The quantitative estimate of drug-likeness (QED) is 0.188. The fourth-order valence-corrected chi connectivity index (χ4v) is 4.02. The maximum absolute atomic E-state index is 13.5. The van der Waals surface area contributed by atoms with Crippen LogP contribution in [0, 0.1) is 23.3 Å². The highest BCUT2D eigenvalue weighted by atomic mass is 19.1. The van der Waals surface area contributed by atoms with Crippen molar-refractivity contribution >= 4 is 18.5 Å². The van der Waals surface area contributed by atoms with Crippen LogP contribution in [0.4, 0.5) is 27.2 Å². The molecule has 250 valence electrons. The van der Waals surface area contributed by atoms with Gasteiger partial charge >= 0.3 is 12.2 Å². The van der Waals surface area contributed by atoms with Crippen LogP contribution < -0.4 is 10.6 Å². The number of carbonyl (C=O) groups excluding carboxylic acids is 3. The first kappa shape index (κ1) is 37.7.